The summed E-state index contributed by atoms with van der Waals surface area (Å²) >= 11 is 6.01. The number of allylic oxidation sites excluding steroid dienone is 4. The van der Waals surface area contributed by atoms with E-state index in [9.17, 15) is 9.59 Å². The third-order valence-corrected chi connectivity index (χ3v) is 7.02. The SMILES string of the molecule is CCCC(CCCC(=O)C1=CC=C(Cl)CC1)Cn1cc2c(C)c(C(=O)NCCOC(C)C)ccc2n1. The molecule has 2 aromatic rings. The molecule has 36 heavy (non-hydrogen) atoms. The molecule has 0 bridgehead atoms. The number of halogens is 1. The Bertz CT molecular complexity index is 1120. The fourth-order valence-electron chi connectivity index (χ4n) is 4.73. The summed E-state index contributed by atoms with van der Waals surface area (Å²) in [6, 6.07) is 3.77. The number of aromatic nitrogens is 2. The summed E-state index contributed by atoms with van der Waals surface area (Å²) in [6.07, 6.45) is 12.1. The summed E-state index contributed by atoms with van der Waals surface area (Å²) in [6.45, 7) is 9.92. The van der Waals surface area contributed by atoms with Gasteiger partial charge in [0.2, 0.25) is 0 Å². The van der Waals surface area contributed by atoms with Crippen LogP contribution >= 0.6 is 11.6 Å². The first kappa shape index (κ1) is 28.1. The topological polar surface area (TPSA) is 73.2 Å². The van der Waals surface area contributed by atoms with Crippen LogP contribution in [0.1, 0.15) is 81.6 Å². The number of ether oxygens (including phenoxy) is 1. The Morgan fingerprint density at radius 1 is 1.19 bits per heavy atom. The van der Waals surface area contributed by atoms with Gasteiger partial charge in [-0.2, -0.15) is 5.10 Å². The zero-order chi connectivity index (χ0) is 26.1. The normalized spacial score (nSPS) is 14.6. The van der Waals surface area contributed by atoms with Crippen LogP contribution in [0.4, 0.5) is 0 Å². The molecule has 1 heterocycles. The average molecular weight is 514 g/mol. The second-order valence-corrected chi connectivity index (χ2v) is 10.5. The van der Waals surface area contributed by atoms with Crippen molar-refractivity contribution in [2.75, 3.05) is 13.2 Å². The molecule has 1 unspecified atom stereocenters. The van der Waals surface area contributed by atoms with Crippen molar-refractivity contribution in [3.8, 4) is 0 Å². The van der Waals surface area contributed by atoms with Gasteiger partial charge in [0.15, 0.2) is 5.78 Å². The number of amides is 1. The summed E-state index contributed by atoms with van der Waals surface area (Å²) in [5, 5.41) is 9.55. The molecule has 0 saturated heterocycles. The number of fused-ring (bicyclic) bond motifs is 1. The number of nitrogens with one attached hydrogen (secondary N) is 1. The van der Waals surface area contributed by atoms with Gasteiger partial charge in [-0.25, -0.2) is 0 Å². The van der Waals surface area contributed by atoms with Gasteiger partial charge in [-0.1, -0.05) is 31.0 Å². The number of rotatable bonds is 14. The van der Waals surface area contributed by atoms with Crippen LogP contribution in [0.15, 0.2) is 41.1 Å². The Morgan fingerprint density at radius 2 is 2.00 bits per heavy atom. The molecule has 7 heteroatoms. The van der Waals surface area contributed by atoms with Gasteiger partial charge in [-0.3, -0.25) is 14.3 Å². The molecular formula is C29H40ClN3O3. The van der Waals surface area contributed by atoms with Crippen LogP contribution in [0.2, 0.25) is 0 Å². The summed E-state index contributed by atoms with van der Waals surface area (Å²) in [5.74, 6) is 0.609. The van der Waals surface area contributed by atoms with Crippen molar-refractivity contribution < 1.29 is 14.3 Å². The van der Waals surface area contributed by atoms with Crippen molar-refractivity contribution in [1.82, 2.24) is 15.1 Å². The van der Waals surface area contributed by atoms with Crippen LogP contribution in [0.3, 0.4) is 0 Å². The molecule has 1 aromatic heterocycles. The number of hydrogen-bond donors (Lipinski definition) is 1. The molecule has 0 saturated carbocycles. The number of hydrogen-bond acceptors (Lipinski definition) is 4. The predicted molar refractivity (Wildman–Crippen MR) is 146 cm³/mol. The van der Waals surface area contributed by atoms with Crippen LogP contribution in [0, 0.1) is 12.8 Å². The van der Waals surface area contributed by atoms with Gasteiger partial charge in [0.1, 0.15) is 0 Å². The molecule has 0 aliphatic heterocycles. The van der Waals surface area contributed by atoms with Crippen LogP contribution in [-0.2, 0) is 16.1 Å². The third-order valence-electron chi connectivity index (χ3n) is 6.70. The highest BCUT2D eigenvalue weighted by Gasteiger charge is 2.17. The van der Waals surface area contributed by atoms with Gasteiger partial charge in [-0.15, -0.1) is 0 Å². The van der Waals surface area contributed by atoms with E-state index in [0.29, 0.717) is 31.1 Å². The number of Topliss-reactive ketones (excluding diaryl/α,β-unsaturated/α-hetero) is 1. The van der Waals surface area contributed by atoms with E-state index in [2.05, 4.69) is 18.4 Å². The van der Waals surface area contributed by atoms with Gasteiger partial charge >= 0.3 is 0 Å². The maximum atomic E-state index is 12.7. The highest BCUT2D eigenvalue weighted by Crippen LogP contribution is 2.25. The number of aryl methyl sites for hydroxylation is 1. The molecule has 1 atom stereocenters. The van der Waals surface area contributed by atoms with E-state index >= 15 is 0 Å². The van der Waals surface area contributed by atoms with Crippen LogP contribution in [0.25, 0.3) is 10.9 Å². The Labute approximate surface area is 220 Å². The molecule has 0 radical (unpaired) electrons. The Kier molecular flexibility index (Phi) is 10.7. The average Bonchev–Trinajstić information content (AvgIpc) is 3.26. The highest BCUT2D eigenvalue weighted by atomic mass is 35.5. The van der Waals surface area contributed by atoms with Crippen molar-refractivity contribution in [1.29, 1.82) is 0 Å². The van der Waals surface area contributed by atoms with Gasteiger partial charge in [-0.05, 0) is 88.1 Å². The molecule has 1 aliphatic rings. The number of benzene rings is 1. The van der Waals surface area contributed by atoms with Gasteiger partial charge in [0.25, 0.3) is 5.91 Å². The lowest BCUT2D eigenvalue weighted by atomic mass is 9.93. The summed E-state index contributed by atoms with van der Waals surface area (Å²) in [7, 11) is 0. The largest absolute Gasteiger partial charge is 0.377 e. The lowest BCUT2D eigenvalue weighted by molar-refractivity contribution is -0.115. The van der Waals surface area contributed by atoms with Gasteiger partial charge < -0.3 is 10.1 Å². The predicted octanol–water partition coefficient (Wildman–Crippen LogP) is 6.50. The highest BCUT2D eigenvalue weighted by molar-refractivity contribution is 6.29. The maximum Gasteiger partial charge on any atom is 0.251 e. The Hall–Kier alpha value is -2.44. The lowest BCUT2D eigenvalue weighted by Gasteiger charge is -2.16. The van der Waals surface area contributed by atoms with Crippen molar-refractivity contribution in [2.24, 2.45) is 5.92 Å². The van der Waals surface area contributed by atoms with E-state index in [0.717, 1.165) is 72.1 Å². The summed E-state index contributed by atoms with van der Waals surface area (Å²) in [4.78, 5) is 25.3. The number of carbonyl (C=O) groups is 2. The fraction of sp³-hybridized carbons (Fsp3) is 0.552. The zero-order valence-corrected chi connectivity index (χ0v) is 22.9. The van der Waals surface area contributed by atoms with E-state index in [-0.39, 0.29) is 17.8 Å². The van der Waals surface area contributed by atoms with Crippen molar-refractivity contribution in [3.05, 3.63) is 52.2 Å². The molecule has 0 fully saturated rings. The quantitative estimate of drug-likeness (QED) is 0.293. The second kappa shape index (κ2) is 13.8. The van der Waals surface area contributed by atoms with Crippen molar-refractivity contribution in [2.45, 2.75) is 85.3 Å². The minimum Gasteiger partial charge on any atom is -0.377 e. The van der Waals surface area contributed by atoms with E-state index < -0.39 is 0 Å². The first-order valence-corrected chi connectivity index (χ1v) is 13.6. The first-order valence-electron chi connectivity index (χ1n) is 13.2. The second-order valence-electron chi connectivity index (χ2n) is 9.97. The van der Waals surface area contributed by atoms with Crippen LogP contribution < -0.4 is 5.32 Å². The van der Waals surface area contributed by atoms with E-state index in [1.807, 2.05) is 49.7 Å². The minimum absolute atomic E-state index is 0.0890. The van der Waals surface area contributed by atoms with E-state index in [4.69, 9.17) is 21.4 Å². The minimum atomic E-state index is -0.0890. The van der Waals surface area contributed by atoms with E-state index in [1.165, 1.54) is 0 Å². The molecule has 1 aromatic carbocycles. The molecule has 196 valence electrons. The number of ketones is 1. The molecule has 3 rings (SSSR count). The molecule has 0 spiro atoms. The van der Waals surface area contributed by atoms with Gasteiger partial charge in [0, 0.05) is 41.7 Å². The monoisotopic (exact) mass is 513 g/mol. The van der Waals surface area contributed by atoms with Crippen molar-refractivity contribution >= 4 is 34.2 Å². The lowest BCUT2D eigenvalue weighted by Crippen LogP contribution is -2.28. The summed E-state index contributed by atoms with van der Waals surface area (Å²) in [5.41, 5.74) is 3.40. The smallest absolute Gasteiger partial charge is 0.251 e. The standard InChI is InChI=1S/C29H40ClN3O3/c1-5-7-22(8-6-9-28(34)23-10-12-24(30)13-11-23)18-33-19-26-21(4)25(14-15-27(26)32-33)29(35)31-16-17-36-20(2)3/h10,12,14-15,19-20,22H,5-9,11,13,16-18H2,1-4H3,(H,31,35). The zero-order valence-electron chi connectivity index (χ0n) is 22.1. The third kappa shape index (κ3) is 8.04. The number of carbonyl (C=O) groups excluding carboxylic acids is 2. The molecular weight excluding hydrogens is 474 g/mol. The van der Waals surface area contributed by atoms with Gasteiger partial charge in [0.05, 0.1) is 18.2 Å². The molecule has 1 amide bonds. The van der Waals surface area contributed by atoms with E-state index in [1.54, 1.807) is 0 Å². The maximum absolute atomic E-state index is 12.7. The first-order chi connectivity index (χ1) is 17.3. The Morgan fingerprint density at radius 3 is 2.69 bits per heavy atom. The fourth-order valence-corrected chi connectivity index (χ4v) is 4.89. The van der Waals surface area contributed by atoms with Crippen LogP contribution in [0.5, 0.6) is 0 Å². The number of nitrogens with zero attached hydrogens (tertiary/aromatic N) is 2. The Balaban J connectivity index is 1.59. The molecule has 1 aliphatic carbocycles. The van der Waals surface area contributed by atoms with Crippen LogP contribution in [-0.4, -0.2) is 40.7 Å². The summed E-state index contributed by atoms with van der Waals surface area (Å²) < 4.78 is 7.52. The molecule has 1 N–H and O–H groups in total. The van der Waals surface area contributed by atoms with Crippen molar-refractivity contribution in [3.63, 3.8) is 0 Å². The molecule has 6 nitrogen and oxygen atoms in total.